The van der Waals surface area contributed by atoms with Crippen LogP contribution >= 0.6 is 15.9 Å². The molecule has 118 valence electrons. The molecule has 2 amide bonds. The van der Waals surface area contributed by atoms with Gasteiger partial charge in [-0.25, -0.2) is 9.78 Å². The van der Waals surface area contributed by atoms with Gasteiger partial charge in [-0.1, -0.05) is 0 Å². The number of likely N-dealkylation sites (tertiary alicyclic amines) is 1. The number of hydrogen-bond acceptors (Lipinski definition) is 5. The number of aromatic nitrogens is 1. The number of hydrogen-bond donors (Lipinski definition) is 0. The summed E-state index contributed by atoms with van der Waals surface area (Å²) >= 11 is 3.39. The lowest BCUT2D eigenvalue weighted by molar-refractivity contribution is -0.130. The maximum atomic E-state index is 12.2. The Hall–Kier alpha value is -1.83. The molecule has 0 spiro atoms. The van der Waals surface area contributed by atoms with Crippen LogP contribution in [0.15, 0.2) is 22.8 Å². The molecule has 0 bridgehead atoms. The Balaban J connectivity index is 1.52. The van der Waals surface area contributed by atoms with Gasteiger partial charge in [-0.05, 0) is 28.1 Å². The van der Waals surface area contributed by atoms with Gasteiger partial charge in [0.05, 0.1) is 17.6 Å². The average molecular weight is 370 g/mol. The van der Waals surface area contributed by atoms with Crippen molar-refractivity contribution in [2.75, 3.05) is 32.8 Å². The highest BCUT2D eigenvalue weighted by Gasteiger charge is 2.31. The zero-order valence-corrected chi connectivity index (χ0v) is 13.5. The summed E-state index contributed by atoms with van der Waals surface area (Å²) in [6.07, 6.45) is 1.91. The van der Waals surface area contributed by atoms with Crippen LogP contribution in [0.2, 0.25) is 0 Å². The molecule has 0 radical (unpaired) electrons. The minimum absolute atomic E-state index is 0.0683. The van der Waals surface area contributed by atoms with E-state index in [1.54, 1.807) is 11.1 Å². The van der Waals surface area contributed by atoms with Gasteiger partial charge >= 0.3 is 6.09 Å². The number of cyclic esters (lactones) is 1. The molecule has 7 nitrogen and oxygen atoms in total. The molecule has 22 heavy (non-hydrogen) atoms. The Bertz CT molecular complexity index is 583. The summed E-state index contributed by atoms with van der Waals surface area (Å²) in [5, 5.41) is 0. The van der Waals surface area contributed by atoms with Crippen molar-refractivity contribution in [2.45, 2.75) is 12.5 Å². The number of amides is 2. The zero-order valence-electron chi connectivity index (χ0n) is 11.9. The number of carbonyl (C=O) groups is 2. The van der Waals surface area contributed by atoms with E-state index in [1.165, 1.54) is 4.90 Å². The second-order valence-corrected chi connectivity index (χ2v) is 6.05. The largest absolute Gasteiger partial charge is 0.472 e. The molecule has 1 aromatic rings. The summed E-state index contributed by atoms with van der Waals surface area (Å²) in [4.78, 5) is 30.9. The van der Waals surface area contributed by atoms with Crippen LogP contribution in [0.4, 0.5) is 4.79 Å². The summed E-state index contributed by atoms with van der Waals surface area (Å²) in [5.74, 6) is 0.454. The molecule has 3 heterocycles. The van der Waals surface area contributed by atoms with Gasteiger partial charge in [0.1, 0.15) is 19.3 Å². The van der Waals surface area contributed by atoms with Crippen LogP contribution in [0.1, 0.15) is 6.42 Å². The van der Waals surface area contributed by atoms with Crippen LogP contribution in [0.25, 0.3) is 0 Å². The predicted molar refractivity (Wildman–Crippen MR) is 80.5 cm³/mol. The molecule has 1 aromatic heterocycles. The second-order valence-electron chi connectivity index (χ2n) is 5.19. The van der Waals surface area contributed by atoms with Crippen LogP contribution in [-0.4, -0.2) is 65.7 Å². The molecule has 2 fully saturated rings. The molecule has 2 aliphatic rings. The van der Waals surface area contributed by atoms with E-state index in [4.69, 9.17) is 9.47 Å². The third-order valence-corrected chi connectivity index (χ3v) is 4.28. The summed E-state index contributed by atoms with van der Waals surface area (Å²) in [6.45, 7) is 2.02. The minimum atomic E-state index is -0.419. The lowest BCUT2D eigenvalue weighted by Crippen LogP contribution is -2.40. The van der Waals surface area contributed by atoms with Crippen LogP contribution in [0.5, 0.6) is 5.88 Å². The highest BCUT2D eigenvalue weighted by molar-refractivity contribution is 9.10. The van der Waals surface area contributed by atoms with Gasteiger partial charge in [-0.3, -0.25) is 9.69 Å². The summed E-state index contributed by atoms with van der Waals surface area (Å²) < 4.78 is 11.4. The Morgan fingerprint density at radius 1 is 1.50 bits per heavy atom. The fraction of sp³-hybridized carbons (Fsp3) is 0.500. The first-order valence-corrected chi connectivity index (χ1v) is 7.89. The number of nitrogens with zero attached hydrogens (tertiary/aromatic N) is 3. The first-order valence-electron chi connectivity index (χ1n) is 7.10. The summed E-state index contributed by atoms with van der Waals surface area (Å²) in [7, 11) is 0. The molecule has 1 unspecified atom stereocenters. The van der Waals surface area contributed by atoms with E-state index in [1.807, 2.05) is 12.1 Å². The lowest BCUT2D eigenvalue weighted by Gasteiger charge is -2.20. The molecule has 3 rings (SSSR count). The Morgan fingerprint density at radius 2 is 2.36 bits per heavy atom. The molecule has 0 aliphatic carbocycles. The Kier molecular flexibility index (Phi) is 4.47. The smallest absolute Gasteiger partial charge is 0.410 e. The van der Waals surface area contributed by atoms with E-state index in [0.29, 0.717) is 32.1 Å². The monoisotopic (exact) mass is 369 g/mol. The fourth-order valence-corrected chi connectivity index (χ4v) is 2.85. The molecule has 0 aromatic carbocycles. The molecule has 8 heteroatoms. The Morgan fingerprint density at radius 3 is 3.09 bits per heavy atom. The molecule has 1 atom stereocenters. The molecular formula is C14H16BrN3O4. The lowest BCUT2D eigenvalue weighted by atomic mass is 10.3. The van der Waals surface area contributed by atoms with Gasteiger partial charge in [0.15, 0.2) is 0 Å². The SMILES string of the molecule is O=C(CN1CCOC1=O)N1CCC(Oc2ncccc2Br)C1. The van der Waals surface area contributed by atoms with Gasteiger partial charge in [0.2, 0.25) is 11.8 Å². The average Bonchev–Trinajstić information content (AvgIpc) is 3.12. The van der Waals surface area contributed by atoms with Crippen molar-refractivity contribution < 1.29 is 19.1 Å². The van der Waals surface area contributed by atoms with Crippen molar-refractivity contribution in [3.05, 3.63) is 22.8 Å². The highest BCUT2D eigenvalue weighted by atomic mass is 79.9. The summed E-state index contributed by atoms with van der Waals surface area (Å²) in [5.41, 5.74) is 0. The van der Waals surface area contributed by atoms with Crippen LogP contribution in [-0.2, 0) is 9.53 Å². The van der Waals surface area contributed by atoms with Crippen LogP contribution in [0, 0.1) is 0 Å². The van der Waals surface area contributed by atoms with Crippen molar-refractivity contribution in [1.29, 1.82) is 0 Å². The van der Waals surface area contributed by atoms with E-state index < -0.39 is 6.09 Å². The van der Waals surface area contributed by atoms with E-state index in [2.05, 4.69) is 20.9 Å². The van der Waals surface area contributed by atoms with Gasteiger partial charge in [0, 0.05) is 19.2 Å². The normalized spacial score (nSPS) is 21.1. The maximum Gasteiger partial charge on any atom is 0.410 e. The van der Waals surface area contributed by atoms with E-state index in [0.717, 1.165) is 10.9 Å². The van der Waals surface area contributed by atoms with Crippen molar-refractivity contribution in [3.8, 4) is 5.88 Å². The third-order valence-electron chi connectivity index (χ3n) is 3.67. The number of carbonyl (C=O) groups excluding carboxylic acids is 2. The maximum absolute atomic E-state index is 12.2. The molecule has 2 saturated heterocycles. The molecule has 2 aliphatic heterocycles. The van der Waals surface area contributed by atoms with Gasteiger partial charge in [-0.2, -0.15) is 0 Å². The molecule has 0 saturated carbocycles. The van der Waals surface area contributed by atoms with Crippen LogP contribution in [0.3, 0.4) is 0 Å². The zero-order chi connectivity index (χ0) is 15.5. The standard InChI is InChI=1S/C14H16BrN3O4/c15-11-2-1-4-16-13(11)22-10-3-5-17(8-10)12(19)9-18-6-7-21-14(18)20/h1-2,4,10H,3,5-9H2. The quantitative estimate of drug-likeness (QED) is 0.799. The second kappa shape index (κ2) is 6.51. The first-order chi connectivity index (χ1) is 10.6. The van der Waals surface area contributed by atoms with Gasteiger partial charge in [0.25, 0.3) is 0 Å². The first kappa shape index (κ1) is 15.1. The summed E-state index contributed by atoms with van der Waals surface area (Å²) in [6, 6.07) is 3.68. The number of rotatable bonds is 4. The predicted octanol–water partition coefficient (Wildman–Crippen LogP) is 1.28. The number of pyridine rings is 1. The van der Waals surface area contributed by atoms with Crippen molar-refractivity contribution >= 4 is 27.9 Å². The van der Waals surface area contributed by atoms with Gasteiger partial charge < -0.3 is 14.4 Å². The number of halogens is 1. The van der Waals surface area contributed by atoms with Crippen molar-refractivity contribution in [2.24, 2.45) is 0 Å². The van der Waals surface area contributed by atoms with Crippen LogP contribution < -0.4 is 4.74 Å². The molecule has 0 N–H and O–H groups in total. The van der Waals surface area contributed by atoms with Crippen molar-refractivity contribution in [1.82, 2.24) is 14.8 Å². The minimum Gasteiger partial charge on any atom is -0.472 e. The fourth-order valence-electron chi connectivity index (χ4n) is 2.50. The number of ether oxygens (including phenoxy) is 2. The van der Waals surface area contributed by atoms with E-state index in [-0.39, 0.29) is 18.6 Å². The topological polar surface area (TPSA) is 72.0 Å². The van der Waals surface area contributed by atoms with E-state index in [9.17, 15) is 9.59 Å². The Labute approximate surface area is 136 Å². The van der Waals surface area contributed by atoms with E-state index >= 15 is 0 Å². The molecular weight excluding hydrogens is 354 g/mol. The third kappa shape index (κ3) is 3.32. The highest BCUT2D eigenvalue weighted by Crippen LogP contribution is 2.24. The van der Waals surface area contributed by atoms with Gasteiger partial charge in [-0.15, -0.1) is 0 Å². The van der Waals surface area contributed by atoms with Crippen molar-refractivity contribution in [3.63, 3.8) is 0 Å².